The van der Waals surface area contributed by atoms with E-state index in [2.05, 4.69) is 36.5 Å². The van der Waals surface area contributed by atoms with Gasteiger partial charge in [0.05, 0.1) is 10.9 Å². The molecule has 0 amide bonds. The summed E-state index contributed by atoms with van der Waals surface area (Å²) in [5.74, 6) is 0.702. The van der Waals surface area contributed by atoms with E-state index in [9.17, 15) is 4.79 Å². The SMILES string of the molecule is Cc1ccc(C2Nc3ccccc3-c3nc4ccccc4c(=O)n32)cc1. The molecule has 1 aliphatic rings. The molecule has 1 aliphatic heterocycles. The summed E-state index contributed by atoms with van der Waals surface area (Å²) in [7, 11) is 0. The van der Waals surface area contributed by atoms with Gasteiger partial charge in [0.1, 0.15) is 12.0 Å². The summed E-state index contributed by atoms with van der Waals surface area (Å²) < 4.78 is 1.77. The van der Waals surface area contributed by atoms with Crippen molar-refractivity contribution >= 4 is 16.6 Å². The smallest absolute Gasteiger partial charge is 0.263 e. The Bertz CT molecular complexity index is 1190. The van der Waals surface area contributed by atoms with Crippen molar-refractivity contribution in [1.29, 1.82) is 0 Å². The van der Waals surface area contributed by atoms with Gasteiger partial charge in [0.25, 0.3) is 5.56 Å². The summed E-state index contributed by atoms with van der Waals surface area (Å²) in [4.78, 5) is 18.2. The Kier molecular flexibility index (Phi) is 3.19. The zero-order valence-electron chi connectivity index (χ0n) is 14.3. The van der Waals surface area contributed by atoms with Gasteiger partial charge in [-0.3, -0.25) is 9.36 Å². The molecule has 0 bridgehead atoms. The van der Waals surface area contributed by atoms with E-state index in [0.29, 0.717) is 11.2 Å². The fraction of sp³-hybridized carbons (Fsp3) is 0.0909. The molecule has 4 nitrogen and oxygen atoms in total. The predicted octanol–water partition coefficient (Wildman–Crippen LogP) is 4.34. The number of aromatic nitrogens is 2. The van der Waals surface area contributed by atoms with Gasteiger partial charge in [0, 0.05) is 11.3 Å². The van der Waals surface area contributed by atoms with Crippen LogP contribution in [0.2, 0.25) is 0 Å². The Balaban J connectivity index is 1.86. The fourth-order valence-electron chi connectivity index (χ4n) is 3.57. The second-order valence-electron chi connectivity index (χ2n) is 6.63. The van der Waals surface area contributed by atoms with Crippen LogP contribution in [0.5, 0.6) is 0 Å². The van der Waals surface area contributed by atoms with E-state index >= 15 is 0 Å². The highest BCUT2D eigenvalue weighted by Crippen LogP contribution is 2.36. The Hall–Kier alpha value is -3.40. The van der Waals surface area contributed by atoms with Gasteiger partial charge in [0.15, 0.2) is 0 Å². The highest BCUT2D eigenvalue weighted by molar-refractivity contribution is 5.83. The van der Waals surface area contributed by atoms with Crippen molar-refractivity contribution in [2.75, 3.05) is 5.32 Å². The van der Waals surface area contributed by atoms with Crippen LogP contribution in [-0.4, -0.2) is 9.55 Å². The van der Waals surface area contributed by atoms with Gasteiger partial charge < -0.3 is 5.32 Å². The van der Waals surface area contributed by atoms with Gasteiger partial charge in [-0.1, -0.05) is 54.1 Å². The van der Waals surface area contributed by atoms with Crippen LogP contribution >= 0.6 is 0 Å². The maximum atomic E-state index is 13.3. The van der Waals surface area contributed by atoms with E-state index in [4.69, 9.17) is 4.98 Å². The molecule has 2 heterocycles. The Morgan fingerprint density at radius 2 is 1.65 bits per heavy atom. The third-order valence-corrected chi connectivity index (χ3v) is 4.92. The maximum absolute atomic E-state index is 13.3. The number of anilines is 1. The molecule has 4 aromatic rings. The average molecular weight is 339 g/mol. The molecular weight excluding hydrogens is 322 g/mol. The van der Waals surface area contributed by atoms with E-state index in [1.807, 2.05) is 48.5 Å². The molecule has 0 radical (unpaired) electrons. The molecule has 0 fully saturated rings. The van der Waals surface area contributed by atoms with Gasteiger partial charge >= 0.3 is 0 Å². The number of nitrogens with one attached hydrogen (secondary N) is 1. The van der Waals surface area contributed by atoms with E-state index in [0.717, 1.165) is 22.3 Å². The first kappa shape index (κ1) is 14.9. The number of aryl methyl sites for hydroxylation is 1. The average Bonchev–Trinajstić information content (AvgIpc) is 2.68. The maximum Gasteiger partial charge on any atom is 0.263 e. The van der Waals surface area contributed by atoms with Gasteiger partial charge in [0.2, 0.25) is 0 Å². The first-order valence-electron chi connectivity index (χ1n) is 8.66. The highest BCUT2D eigenvalue weighted by atomic mass is 16.1. The molecule has 5 rings (SSSR count). The van der Waals surface area contributed by atoms with Gasteiger partial charge in [-0.25, -0.2) is 4.98 Å². The van der Waals surface area contributed by atoms with Crippen LogP contribution in [0, 0.1) is 6.92 Å². The van der Waals surface area contributed by atoms with Crippen LogP contribution in [0.25, 0.3) is 22.3 Å². The predicted molar refractivity (Wildman–Crippen MR) is 104 cm³/mol. The number of para-hydroxylation sites is 2. The van der Waals surface area contributed by atoms with Gasteiger partial charge in [-0.05, 0) is 36.8 Å². The summed E-state index contributed by atoms with van der Waals surface area (Å²) in [5, 5.41) is 4.15. The number of hydrogen-bond donors (Lipinski definition) is 1. The quantitative estimate of drug-likeness (QED) is 0.561. The summed E-state index contributed by atoms with van der Waals surface area (Å²) in [6, 6.07) is 23.8. The molecule has 1 aromatic heterocycles. The standard InChI is InChI=1S/C22H17N3O/c1-14-10-12-15(13-11-14)20-23-18-8-4-2-6-16(18)21-24-19-9-5-3-7-17(19)22(26)25(20)21/h2-13,20,23H,1H3. The first-order chi connectivity index (χ1) is 12.7. The molecule has 0 spiro atoms. The van der Waals surface area contributed by atoms with Crippen molar-refractivity contribution in [1.82, 2.24) is 9.55 Å². The van der Waals surface area contributed by atoms with Crippen LogP contribution in [0.3, 0.4) is 0 Å². The van der Waals surface area contributed by atoms with E-state index in [-0.39, 0.29) is 11.7 Å². The van der Waals surface area contributed by atoms with Crippen molar-refractivity contribution in [3.8, 4) is 11.4 Å². The third kappa shape index (κ3) is 2.15. The number of rotatable bonds is 1. The molecule has 1 atom stereocenters. The minimum atomic E-state index is -0.287. The first-order valence-corrected chi connectivity index (χ1v) is 8.66. The lowest BCUT2D eigenvalue weighted by Crippen LogP contribution is -2.35. The third-order valence-electron chi connectivity index (χ3n) is 4.92. The van der Waals surface area contributed by atoms with Crippen LogP contribution in [-0.2, 0) is 0 Å². The molecule has 1 N–H and O–H groups in total. The lowest BCUT2D eigenvalue weighted by atomic mass is 10.0. The number of fused-ring (bicyclic) bond motifs is 4. The largest absolute Gasteiger partial charge is 0.360 e. The second kappa shape index (κ2) is 5.56. The molecule has 4 heteroatoms. The fourth-order valence-corrected chi connectivity index (χ4v) is 3.57. The normalized spacial score (nSPS) is 15.2. The summed E-state index contributed by atoms with van der Waals surface area (Å²) in [6.45, 7) is 2.06. The van der Waals surface area contributed by atoms with E-state index in [1.165, 1.54) is 5.56 Å². The van der Waals surface area contributed by atoms with E-state index < -0.39 is 0 Å². The minimum absolute atomic E-state index is 0.0295. The van der Waals surface area contributed by atoms with Crippen molar-refractivity contribution in [2.24, 2.45) is 0 Å². The van der Waals surface area contributed by atoms with Crippen LogP contribution in [0.4, 0.5) is 5.69 Å². The number of hydrogen-bond acceptors (Lipinski definition) is 3. The monoisotopic (exact) mass is 339 g/mol. The number of nitrogens with zero attached hydrogens (tertiary/aromatic N) is 2. The molecular formula is C22H17N3O. The minimum Gasteiger partial charge on any atom is -0.360 e. The van der Waals surface area contributed by atoms with Gasteiger partial charge in [-0.15, -0.1) is 0 Å². The summed E-state index contributed by atoms with van der Waals surface area (Å²) >= 11 is 0. The molecule has 126 valence electrons. The molecule has 0 aliphatic carbocycles. The molecule has 26 heavy (non-hydrogen) atoms. The Morgan fingerprint density at radius 1 is 0.923 bits per heavy atom. The van der Waals surface area contributed by atoms with Crippen LogP contribution in [0.1, 0.15) is 17.3 Å². The zero-order chi connectivity index (χ0) is 17.7. The van der Waals surface area contributed by atoms with Crippen molar-refractivity contribution < 1.29 is 0 Å². The van der Waals surface area contributed by atoms with Gasteiger partial charge in [-0.2, -0.15) is 0 Å². The molecule has 0 saturated heterocycles. The summed E-state index contributed by atoms with van der Waals surface area (Å²) in [6.07, 6.45) is -0.287. The summed E-state index contributed by atoms with van der Waals surface area (Å²) in [5.41, 5.74) is 4.85. The highest BCUT2D eigenvalue weighted by Gasteiger charge is 2.27. The van der Waals surface area contributed by atoms with E-state index in [1.54, 1.807) is 4.57 Å². The Morgan fingerprint density at radius 3 is 2.50 bits per heavy atom. The van der Waals surface area contributed by atoms with Crippen LogP contribution < -0.4 is 10.9 Å². The Labute approximate surface area is 150 Å². The topological polar surface area (TPSA) is 46.9 Å². The molecule has 1 unspecified atom stereocenters. The van der Waals surface area contributed by atoms with Crippen molar-refractivity contribution in [3.05, 3.63) is 94.3 Å². The molecule has 0 saturated carbocycles. The van der Waals surface area contributed by atoms with Crippen molar-refractivity contribution in [3.63, 3.8) is 0 Å². The molecule has 3 aromatic carbocycles. The lowest BCUT2D eigenvalue weighted by Gasteiger charge is -2.31. The van der Waals surface area contributed by atoms with Crippen LogP contribution in [0.15, 0.2) is 77.6 Å². The second-order valence-corrected chi connectivity index (χ2v) is 6.63. The zero-order valence-corrected chi connectivity index (χ0v) is 14.3. The van der Waals surface area contributed by atoms with Crippen molar-refractivity contribution in [2.45, 2.75) is 13.1 Å². The number of benzene rings is 3. The lowest BCUT2D eigenvalue weighted by molar-refractivity contribution is 0.620.